The van der Waals surface area contributed by atoms with E-state index in [9.17, 15) is 0 Å². The van der Waals surface area contributed by atoms with Crippen LogP contribution >= 0.6 is 0 Å². The molecule has 0 aromatic carbocycles. The van der Waals surface area contributed by atoms with Crippen LogP contribution in [0.2, 0.25) is 0 Å². The van der Waals surface area contributed by atoms with Crippen LogP contribution in [0.3, 0.4) is 0 Å². The number of unbranched alkanes of at least 4 members (excludes halogenated alkanes) is 4. The monoisotopic (exact) mass is 239 g/mol. The number of nitrogens with one attached hydrogen (secondary N) is 1. The van der Waals surface area contributed by atoms with Crippen molar-refractivity contribution in [3.05, 3.63) is 11.8 Å². The van der Waals surface area contributed by atoms with Gasteiger partial charge in [0.15, 0.2) is 0 Å². The summed E-state index contributed by atoms with van der Waals surface area (Å²) in [5.41, 5.74) is 0. The smallest absolute Gasteiger partial charge is 0.233 e. The fraction of sp³-hybridized carbons (Fsp3) is 0.846. The van der Waals surface area contributed by atoms with Crippen LogP contribution in [0.5, 0.6) is 0 Å². The third kappa shape index (κ3) is 4.86. The molecule has 0 aliphatic heterocycles. The molecule has 0 aliphatic rings. The zero-order valence-electron chi connectivity index (χ0n) is 11.3. The van der Waals surface area contributed by atoms with Crippen LogP contribution in [0.4, 0.5) is 0 Å². The van der Waals surface area contributed by atoms with Gasteiger partial charge in [-0.3, -0.25) is 0 Å². The first-order valence-electron chi connectivity index (χ1n) is 6.81. The molecule has 0 aliphatic carbocycles. The number of aromatic nitrogens is 2. The van der Waals surface area contributed by atoms with E-state index in [1.807, 2.05) is 7.05 Å². The number of hydrogen-bond acceptors (Lipinski definition) is 4. The lowest BCUT2D eigenvalue weighted by Gasteiger charge is -2.07. The average molecular weight is 239 g/mol. The Balaban J connectivity index is 2.30. The van der Waals surface area contributed by atoms with Crippen molar-refractivity contribution in [3.8, 4) is 0 Å². The largest absolute Gasteiger partial charge is 0.424 e. The van der Waals surface area contributed by atoms with Gasteiger partial charge in [-0.2, -0.15) is 0 Å². The van der Waals surface area contributed by atoms with E-state index < -0.39 is 0 Å². The first-order valence-corrected chi connectivity index (χ1v) is 6.81. The molecule has 17 heavy (non-hydrogen) atoms. The first kappa shape index (κ1) is 14.2. The second-order valence-corrected chi connectivity index (χ2v) is 4.45. The normalized spacial score (nSPS) is 12.9. The van der Waals surface area contributed by atoms with Gasteiger partial charge in [-0.15, -0.1) is 10.2 Å². The highest BCUT2D eigenvalue weighted by molar-refractivity contribution is 4.89. The molecule has 0 spiro atoms. The van der Waals surface area contributed by atoms with Crippen LogP contribution in [0, 0.1) is 0 Å². The maximum atomic E-state index is 5.65. The molecular weight excluding hydrogens is 214 g/mol. The van der Waals surface area contributed by atoms with E-state index in [1.165, 1.54) is 25.7 Å². The first-order chi connectivity index (χ1) is 8.31. The summed E-state index contributed by atoms with van der Waals surface area (Å²) in [5, 5.41) is 11.4. The van der Waals surface area contributed by atoms with Gasteiger partial charge < -0.3 is 9.73 Å². The average Bonchev–Trinajstić information content (AvgIpc) is 2.79. The van der Waals surface area contributed by atoms with E-state index in [0.29, 0.717) is 0 Å². The van der Waals surface area contributed by atoms with Crippen molar-refractivity contribution in [1.29, 1.82) is 0 Å². The quantitative estimate of drug-likeness (QED) is 0.672. The van der Waals surface area contributed by atoms with Gasteiger partial charge in [-0.25, -0.2) is 0 Å². The zero-order chi connectivity index (χ0) is 12.5. The highest BCUT2D eigenvalue weighted by Gasteiger charge is 2.14. The molecule has 4 heteroatoms. The minimum atomic E-state index is 0.191. The Morgan fingerprint density at radius 3 is 2.53 bits per heavy atom. The van der Waals surface area contributed by atoms with Crippen LogP contribution < -0.4 is 5.32 Å². The molecule has 0 radical (unpaired) electrons. The SMILES string of the molecule is CCCCCCCc1nnc(C(CC)NC)o1. The molecule has 0 amide bonds. The van der Waals surface area contributed by atoms with Crippen LogP contribution in [0.15, 0.2) is 4.42 Å². The van der Waals surface area contributed by atoms with Crippen molar-refractivity contribution in [2.45, 2.75) is 64.8 Å². The Labute approximate surface area is 104 Å². The summed E-state index contributed by atoms with van der Waals surface area (Å²) in [6.07, 6.45) is 8.21. The van der Waals surface area contributed by atoms with Gasteiger partial charge in [0.25, 0.3) is 0 Å². The van der Waals surface area contributed by atoms with Crippen LogP contribution in [0.1, 0.15) is 70.2 Å². The van der Waals surface area contributed by atoms with E-state index in [0.717, 1.165) is 31.0 Å². The molecule has 0 fully saturated rings. The van der Waals surface area contributed by atoms with Crippen molar-refractivity contribution in [2.75, 3.05) is 7.05 Å². The van der Waals surface area contributed by atoms with E-state index in [2.05, 4.69) is 29.4 Å². The lowest BCUT2D eigenvalue weighted by Crippen LogP contribution is -2.15. The highest BCUT2D eigenvalue weighted by Crippen LogP contribution is 2.15. The molecule has 98 valence electrons. The number of aryl methyl sites for hydroxylation is 1. The fourth-order valence-electron chi connectivity index (χ4n) is 1.89. The number of rotatable bonds is 9. The van der Waals surface area contributed by atoms with E-state index in [-0.39, 0.29) is 6.04 Å². The van der Waals surface area contributed by atoms with Crippen LogP contribution in [0.25, 0.3) is 0 Å². The van der Waals surface area contributed by atoms with Crippen molar-refractivity contribution >= 4 is 0 Å². The predicted octanol–water partition coefficient (Wildman–Crippen LogP) is 3.25. The van der Waals surface area contributed by atoms with Crippen molar-refractivity contribution in [1.82, 2.24) is 15.5 Å². The molecule has 0 bridgehead atoms. The summed E-state index contributed by atoms with van der Waals surface area (Å²) in [6, 6.07) is 0.191. The molecule has 1 N–H and O–H groups in total. The molecular formula is C13H25N3O. The predicted molar refractivity (Wildman–Crippen MR) is 68.9 cm³/mol. The number of hydrogen-bond donors (Lipinski definition) is 1. The van der Waals surface area contributed by atoms with E-state index in [1.54, 1.807) is 0 Å². The third-order valence-corrected chi connectivity index (χ3v) is 3.03. The molecule has 1 unspecified atom stereocenters. The molecule has 1 aromatic heterocycles. The maximum absolute atomic E-state index is 5.65. The second-order valence-electron chi connectivity index (χ2n) is 4.45. The van der Waals surface area contributed by atoms with Gasteiger partial charge in [-0.1, -0.05) is 39.5 Å². The van der Waals surface area contributed by atoms with Gasteiger partial charge in [-0.05, 0) is 19.9 Å². The topological polar surface area (TPSA) is 51.0 Å². The number of nitrogens with zero attached hydrogens (tertiary/aromatic N) is 2. The molecule has 1 aromatic rings. The lowest BCUT2D eigenvalue weighted by molar-refractivity contribution is 0.382. The zero-order valence-corrected chi connectivity index (χ0v) is 11.3. The van der Waals surface area contributed by atoms with E-state index >= 15 is 0 Å². The Bertz CT molecular complexity index is 295. The Morgan fingerprint density at radius 1 is 1.12 bits per heavy atom. The molecule has 1 heterocycles. The Hall–Kier alpha value is -0.900. The summed E-state index contributed by atoms with van der Waals surface area (Å²) in [7, 11) is 1.92. The summed E-state index contributed by atoms with van der Waals surface area (Å²) in [4.78, 5) is 0. The minimum Gasteiger partial charge on any atom is -0.424 e. The van der Waals surface area contributed by atoms with Crippen molar-refractivity contribution in [3.63, 3.8) is 0 Å². The lowest BCUT2D eigenvalue weighted by atomic mass is 10.1. The van der Waals surface area contributed by atoms with Gasteiger partial charge in [0.05, 0.1) is 6.04 Å². The molecule has 1 rings (SSSR count). The molecule has 1 atom stereocenters. The van der Waals surface area contributed by atoms with E-state index in [4.69, 9.17) is 4.42 Å². The summed E-state index contributed by atoms with van der Waals surface area (Å²) in [6.45, 7) is 4.34. The standard InChI is InChI=1S/C13H25N3O/c1-4-6-7-8-9-10-12-15-16-13(17-12)11(5-2)14-3/h11,14H,4-10H2,1-3H3. The van der Waals surface area contributed by atoms with Gasteiger partial charge in [0, 0.05) is 6.42 Å². The maximum Gasteiger partial charge on any atom is 0.233 e. The molecule has 4 nitrogen and oxygen atoms in total. The van der Waals surface area contributed by atoms with Crippen LogP contribution in [-0.4, -0.2) is 17.2 Å². The van der Waals surface area contributed by atoms with Gasteiger partial charge in [0.2, 0.25) is 11.8 Å². The second kappa shape index (κ2) is 8.23. The molecule has 0 saturated heterocycles. The van der Waals surface area contributed by atoms with Crippen molar-refractivity contribution < 1.29 is 4.42 Å². The summed E-state index contributed by atoms with van der Waals surface area (Å²) in [5.74, 6) is 1.50. The third-order valence-electron chi connectivity index (χ3n) is 3.03. The Morgan fingerprint density at radius 2 is 1.88 bits per heavy atom. The van der Waals surface area contributed by atoms with Gasteiger partial charge in [0.1, 0.15) is 0 Å². The summed E-state index contributed by atoms with van der Waals surface area (Å²) < 4.78 is 5.65. The van der Waals surface area contributed by atoms with Gasteiger partial charge >= 0.3 is 0 Å². The van der Waals surface area contributed by atoms with Crippen molar-refractivity contribution in [2.24, 2.45) is 0 Å². The molecule has 0 saturated carbocycles. The van der Waals surface area contributed by atoms with Crippen LogP contribution in [-0.2, 0) is 6.42 Å². The summed E-state index contributed by atoms with van der Waals surface area (Å²) >= 11 is 0. The highest BCUT2D eigenvalue weighted by atomic mass is 16.4. The Kier molecular flexibility index (Phi) is 6.86. The minimum absolute atomic E-state index is 0.191. The fourth-order valence-corrected chi connectivity index (χ4v) is 1.89.